The molecule has 0 saturated heterocycles. The first kappa shape index (κ1) is 14.3. The number of nitrogens with one attached hydrogen (secondary N) is 1. The van der Waals surface area contributed by atoms with Crippen LogP contribution in [0.15, 0.2) is 18.2 Å². The van der Waals surface area contributed by atoms with Gasteiger partial charge in [0.2, 0.25) is 0 Å². The molecule has 0 aliphatic heterocycles. The molecular weight excluding hydrogens is 261 g/mol. The highest BCUT2D eigenvalue weighted by molar-refractivity contribution is 6.42. The van der Waals surface area contributed by atoms with Crippen LogP contribution in [-0.2, 0) is 0 Å². The van der Waals surface area contributed by atoms with Crippen molar-refractivity contribution in [3.63, 3.8) is 0 Å². The van der Waals surface area contributed by atoms with E-state index in [-0.39, 0.29) is 18.4 Å². The van der Waals surface area contributed by atoms with Crippen LogP contribution in [0, 0.1) is 5.92 Å². The van der Waals surface area contributed by atoms with Gasteiger partial charge in [0.05, 0.1) is 16.1 Å². The van der Waals surface area contributed by atoms with Gasteiger partial charge in [-0.3, -0.25) is 4.79 Å². The molecule has 0 saturated carbocycles. The Bertz CT molecular complexity index is 407. The van der Waals surface area contributed by atoms with Crippen molar-refractivity contribution < 1.29 is 9.90 Å². The van der Waals surface area contributed by atoms with Gasteiger partial charge < -0.3 is 10.4 Å². The highest BCUT2D eigenvalue weighted by Gasteiger charge is 2.12. The summed E-state index contributed by atoms with van der Waals surface area (Å²) in [7, 11) is 0. The number of benzene rings is 1. The van der Waals surface area contributed by atoms with Gasteiger partial charge in [0.1, 0.15) is 0 Å². The third-order valence-electron chi connectivity index (χ3n) is 2.42. The Morgan fingerprint density at radius 3 is 2.53 bits per heavy atom. The van der Waals surface area contributed by atoms with E-state index in [4.69, 9.17) is 23.2 Å². The van der Waals surface area contributed by atoms with E-state index >= 15 is 0 Å². The predicted octanol–water partition coefficient (Wildman–Crippen LogP) is 2.74. The molecule has 2 N–H and O–H groups in total. The molecule has 0 bridgehead atoms. The van der Waals surface area contributed by atoms with E-state index in [0.717, 1.165) is 0 Å². The summed E-state index contributed by atoms with van der Waals surface area (Å²) in [6.07, 6.45) is -0.554. The lowest BCUT2D eigenvalue weighted by Gasteiger charge is -2.15. The second-order valence-electron chi connectivity index (χ2n) is 4.15. The first-order valence-corrected chi connectivity index (χ1v) is 6.08. The molecule has 0 spiro atoms. The lowest BCUT2D eigenvalue weighted by atomic mass is 10.1. The lowest BCUT2D eigenvalue weighted by Crippen LogP contribution is -2.34. The number of carbonyl (C=O) groups is 1. The van der Waals surface area contributed by atoms with Gasteiger partial charge in [-0.15, -0.1) is 0 Å². The summed E-state index contributed by atoms with van der Waals surface area (Å²) >= 11 is 11.6. The lowest BCUT2D eigenvalue weighted by molar-refractivity contribution is 0.0871. The number of carbonyl (C=O) groups excluding carboxylic acids is 1. The van der Waals surface area contributed by atoms with Crippen molar-refractivity contribution >= 4 is 29.1 Å². The minimum Gasteiger partial charge on any atom is -0.391 e. The fraction of sp³-hybridized carbons (Fsp3) is 0.417. The van der Waals surface area contributed by atoms with Crippen LogP contribution in [-0.4, -0.2) is 23.7 Å². The molecule has 17 heavy (non-hydrogen) atoms. The van der Waals surface area contributed by atoms with Crippen LogP contribution in [0.4, 0.5) is 0 Å². The third kappa shape index (κ3) is 4.19. The Morgan fingerprint density at radius 1 is 1.35 bits per heavy atom. The summed E-state index contributed by atoms with van der Waals surface area (Å²) in [6.45, 7) is 3.99. The SMILES string of the molecule is CC(C)C(O)CNC(=O)c1ccc(Cl)c(Cl)c1. The Morgan fingerprint density at radius 2 is 2.00 bits per heavy atom. The third-order valence-corrected chi connectivity index (χ3v) is 3.16. The van der Waals surface area contributed by atoms with E-state index in [1.165, 1.54) is 6.07 Å². The van der Waals surface area contributed by atoms with Gasteiger partial charge in [0, 0.05) is 12.1 Å². The molecule has 0 radical (unpaired) electrons. The molecule has 1 rings (SSSR count). The molecular formula is C12H15Cl2NO2. The molecule has 1 amide bonds. The predicted molar refractivity (Wildman–Crippen MR) is 69.6 cm³/mol. The van der Waals surface area contributed by atoms with Gasteiger partial charge in [-0.25, -0.2) is 0 Å². The second-order valence-corrected chi connectivity index (χ2v) is 4.96. The molecule has 0 heterocycles. The first-order chi connectivity index (χ1) is 7.91. The maximum Gasteiger partial charge on any atom is 0.251 e. The quantitative estimate of drug-likeness (QED) is 0.888. The molecule has 0 aromatic heterocycles. The molecule has 3 nitrogen and oxygen atoms in total. The van der Waals surface area contributed by atoms with Crippen molar-refractivity contribution in [2.24, 2.45) is 5.92 Å². The molecule has 0 aliphatic rings. The van der Waals surface area contributed by atoms with E-state index in [2.05, 4.69) is 5.32 Å². The van der Waals surface area contributed by atoms with Crippen LogP contribution in [0.5, 0.6) is 0 Å². The Hall–Kier alpha value is -0.770. The standard InChI is InChI=1S/C12H15Cl2NO2/c1-7(2)11(16)6-15-12(17)8-3-4-9(13)10(14)5-8/h3-5,7,11,16H,6H2,1-2H3,(H,15,17). The van der Waals surface area contributed by atoms with Crippen molar-refractivity contribution in [3.05, 3.63) is 33.8 Å². The van der Waals surface area contributed by atoms with Crippen LogP contribution in [0.3, 0.4) is 0 Å². The zero-order valence-corrected chi connectivity index (χ0v) is 11.2. The molecule has 1 aromatic carbocycles. The molecule has 94 valence electrons. The molecule has 5 heteroatoms. The normalized spacial score (nSPS) is 12.6. The van der Waals surface area contributed by atoms with Crippen molar-refractivity contribution in [1.82, 2.24) is 5.32 Å². The Labute approximate surface area is 111 Å². The van der Waals surface area contributed by atoms with Gasteiger partial charge >= 0.3 is 0 Å². The number of rotatable bonds is 4. The average molecular weight is 276 g/mol. The maximum atomic E-state index is 11.7. The van der Waals surface area contributed by atoms with Crippen molar-refractivity contribution in [2.75, 3.05) is 6.54 Å². The molecule has 1 atom stereocenters. The van der Waals surface area contributed by atoms with Gasteiger partial charge in [-0.1, -0.05) is 37.0 Å². The smallest absolute Gasteiger partial charge is 0.251 e. The van der Waals surface area contributed by atoms with Crippen LogP contribution in [0.2, 0.25) is 10.0 Å². The summed E-state index contributed by atoms with van der Waals surface area (Å²) < 4.78 is 0. The minimum atomic E-state index is -0.554. The zero-order chi connectivity index (χ0) is 13.0. The summed E-state index contributed by atoms with van der Waals surface area (Å²) in [4.78, 5) is 11.7. The fourth-order valence-electron chi connectivity index (χ4n) is 1.17. The zero-order valence-electron chi connectivity index (χ0n) is 9.71. The van der Waals surface area contributed by atoms with Crippen molar-refractivity contribution in [3.8, 4) is 0 Å². The Balaban J connectivity index is 2.61. The molecule has 0 fully saturated rings. The van der Waals surface area contributed by atoms with Crippen molar-refractivity contribution in [2.45, 2.75) is 20.0 Å². The van der Waals surface area contributed by atoms with Crippen LogP contribution >= 0.6 is 23.2 Å². The monoisotopic (exact) mass is 275 g/mol. The highest BCUT2D eigenvalue weighted by Crippen LogP contribution is 2.22. The molecule has 1 aromatic rings. The van der Waals surface area contributed by atoms with Gasteiger partial charge in [0.15, 0.2) is 0 Å². The highest BCUT2D eigenvalue weighted by atomic mass is 35.5. The summed E-state index contributed by atoms with van der Waals surface area (Å²) in [6, 6.07) is 4.66. The largest absolute Gasteiger partial charge is 0.391 e. The van der Waals surface area contributed by atoms with Crippen LogP contribution in [0.25, 0.3) is 0 Å². The van der Waals surface area contributed by atoms with Gasteiger partial charge in [-0.05, 0) is 24.1 Å². The Kier molecular flexibility index (Phi) is 5.25. The van der Waals surface area contributed by atoms with E-state index in [1.807, 2.05) is 13.8 Å². The number of hydrogen-bond donors (Lipinski definition) is 2. The number of aliphatic hydroxyl groups is 1. The molecule has 0 aliphatic carbocycles. The summed E-state index contributed by atoms with van der Waals surface area (Å²) in [5, 5.41) is 12.9. The average Bonchev–Trinajstić information content (AvgIpc) is 2.28. The van der Waals surface area contributed by atoms with Crippen molar-refractivity contribution in [1.29, 1.82) is 0 Å². The van der Waals surface area contributed by atoms with E-state index < -0.39 is 6.10 Å². The topological polar surface area (TPSA) is 49.3 Å². The second kappa shape index (κ2) is 6.24. The van der Waals surface area contributed by atoms with Crippen LogP contribution in [0.1, 0.15) is 24.2 Å². The van der Waals surface area contributed by atoms with E-state index in [0.29, 0.717) is 15.6 Å². The maximum absolute atomic E-state index is 11.7. The fourth-order valence-corrected chi connectivity index (χ4v) is 1.47. The van der Waals surface area contributed by atoms with Crippen LogP contribution < -0.4 is 5.32 Å². The molecule has 1 unspecified atom stereocenters. The minimum absolute atomic E-state index is 0.101. The first-order valence-electron chi connectivity index (χ1n) is 5.33. The number of amides is 1. The number of halogens is 2. The summed E-state index contributed by atoms with van der Waals surface area (Å²) in [5.74, 6) is -0.174. The van der Waals surface area contributed by atoms with Gasteiger partial charge in [0.25, 0.3) is 5.91 Å². The summed E-state index contributed by atoms with van der Waals surface area (Å²) in [5.41, 5.74) is 0.426. The number of aliphatic hydroxyl groups excluding tert-OH is 1. The number of hydrogen-bond acceptors (Lipinski definition) is 2. The van der Waals surface area contributed by atoms with E-state index in [1.54, 1.807) is 12.1 Å². The van der Waals surface area contributed by atoms with E-state index in [9.17, 15) is 9.90 Å². The van der Waals surface area contributed by atoms with Gasteiger partial charge in [-0.2, -0.15) is 0 Å².